The predicted molar refractivity (Wildman–Crippen MR) is 89.2 cm³/mol. The lowest BCUT2D eigenvalue weighted by Crippen LogP contribution is -1.99. The van der Waals surface area contributed by atoms with Gasteiger partial charge in [-0.05, 0) is 42.3 Å². The normalized spacial score (nSPS) is 10.7. The molecule has 0 aliphatic heterocycles. The van der Waals surface area contributed by atoms with E-state index in [2.05, 4.69) is 0 Å². The molecule has 5 nitrogen and oxygen atoms in total. The average Bonchev–Trinajstić information content (AvgIpc) is 2.53. The van der Waals surface area contributed by atoms with Gasteiger partial charge in [0.05, 0.1) is 17.6 Å². The van der Waals surface area contributed by atoms with Crippen LogP contribution in [0.4, 0.5) is 5.69 Å². The fraction of sp³-hybridized carbons (Fsp3) is 0.118. The highest BCUT2D eigenvalue weighted by Crippen LogP contribution is 2.26. The first-order chi connectivity index (χ1) is 10.9. The highest BCUT2D eigenvalue weighted by atomic mass is 35.5. The summed E-state index contributed by atoms with van der Waals surface area (Å²) in [5.41, 5.74) is 1.73. The number of ketones is 1. The van der Waals surface area contributed by atoms with Crippen molar-refractivity contribution in [3.05, 3.63) is 74.3 Å². The molecule has 0 fully saturated rings. The van der Waals surface area contributed by atoms with Gasteiger partial charge in [0.25, 0.3) is 5.69 Å². The summed E-state index contributed by atoms with van der Waals surface area (Å²) in [6.45, 7) is 1.90. The number of nitrogens with zero attached hydrogens (tertiary/aromatic N) is 1. The molecule has 118 valence electrons. The van der Waals surface area contributed by atoms with E-state index >= 15 is 0 Å². The molecular formula is C17H14ClNO4. The van der Waals surface area contributed by atoms with Gasteiger partial charge in [-0.2, -0.15) is 0 Å². The number of aryl methyl sites for hydroxylation is 1. The number of nitro benzene ring substituents is 1. The third kappa shape index (κ3) is 3.96. The molecule has 0 saturated carbocycles. The molecule has 0 heterocycles. The van der Waals surface area contributed by atoms with E-state index in [1.54, 1.807) is 18.2 Å². The quantitative estimate of drug-likeness (QED) is 0.351. The molecule has 6 heteroatoms. The zero-order valence-electron chi connectivity index (χ0n) is 12.6. The Labute approximate surface area is 138 Å². The number of hydrogen-bond acceptors (Lipinski definition) is 4. The number of allylic oxidation sites excluding steroid dienone is 1. The number of carbonyl (C=O) groups is 1. The van der Waals surface area contributed by atoms with Crippen LogP contribution in [0.25, 0.3) is 6.08 Å². The summed E-state index contributed by atoms with van der Waals surface area (Å²) in [6.07, 6.45) is 2.85. The van der Waals surface area contributed by atoms with Gasteiger partial charge >= 0.3 is 0 Å². The molecule has 0 spiro atoms. The Morgan fingerprint density at radius 2 is 2.00 bits per heavy atom. The van der Waals surface area contributed by atoms with Gasteiger partial charge in [0.15, 0.2) is 5.78 Å². The summed E-state index contributed by atoms with van der Waals surface area (Å²) in [5, 5.41) is 10.9. The number of benzene rings is 2. The first kappa shape index (κ1) is 16.7. The summed E-state index contributed by atoms with van der Waals surface area (Å²) >= 11 is 5.75. The molecule has 2 rings (SSSR count). The maximum Gasteiger partial charge on any atom is 0.288 e. The predicted octanol–water partition coefficient (Wildman–Crippen LogP) is 4.46. The van der Waals surface area contributed by atoms with E-state index in [4.69, 9.17) is 16.3 Å². The van der Waals surface area contributed by atoms with E-state index in [1.165, 1.54) is 31.4 Å². The maximum absolute atomic E-state index is 12.3. The van der Waals surface area contributed by atoms with Crippen LogP contribution in [0.15, 0.2) is 42.5 Å². The number of nitro groups is 1. The van der Waals surface area contributed by atoms with Crippen LogP contribution in [0.3, 0.4) is 0 Å². The second-order valence-electron chi connectivity index (χ2n) is 4.87. The molecular weight excluding hydrogens is 318 g/mol. The molecule has 0 atom stereocenters. The van der Waals surface area contributed by atoms with Crippen LogP contribution in [-0.2, 0) is 0 Å². The molecule has 23 heavy (non-hydrogen) atoms. The van der Waals surface area contributed by atoms with Crippen LogP contribution in [-0.4, -0.2) is 17.8 Å². The molecule has 0 radical (unpaired) electrons. The topological polar surface area (TPSA) is 69.4 Å². The smallest absolute Gasteiger partial charge is 0.288 e. The Hall–Kier alpha value is -2.66. The first-order valence-electron chi connectivity index (χ1n) is 6.73. The van der Waals surface area contributed by atoms with E-state index in [-0.39, 0.29) is 16.5 Å². The maximum atomic E-state index is 12.3. The SMILES string of the molecule is COc1cc(C)ccc1C(=O)/C=C/c1ccc(Cl)c([N+](=O)[O-])c1. The molecule has 0 N–H and O–H groups in total. The Kier molecular flexibility index (Phi) is 5.13. The van der Waals surface area contributed by atoms with Gasteiger partial charge < -0.3 is 4.74 Å². The standard InChI is InChI=1S/C17H14ClNO4/c1-11-3-6-13(17(9-11)23-2)16(20)8-5-12-4-7-14(18)15(10-12)19(21)22/h3-10H,1-2H3/b8-5+. The molecule has 0 aromatic heterocycles. The third-order valence-corrected chi connectivity index (χ3v) is 3.54. The molecule has 0 amide bonds. The van der Waals surface area contributed by atoms with Gasteiger partial charge in [-0.1, -0.05) is 29.8 Å². The van der Waals surface area contributed by atoms with Gasteiger partial charge in [-0.25, -0.2) is 0 Å². The summed E-state index contributed by atoms with van der Waals surface area (Å²) < 4.78 is 5.20. The van der Waals surface area contributed by atoms with Gasteiger partial charge in [-0.3, -0.25) is 14.9 Å². The molecule has 0 aliphatic carbocycles. The molecule has 2 aromatic carbocycles. The van der Waals surface area contributed by atoms with Crippen LogP contribution in [0, 0.1) is 17.0 Å². The van der Waals surface area contributed by atoms with Gasteiger partial charge in [-0.15, -0.1) is 0 Å². The second-order valence-corrected chi connectivity index (χ2v) is 5.28. The van der Waals surface area contributed by atoms with Crippen molar-refractivity contribution >= 4 is 29.1 Å². The fourth-order valence-corrected chi connectivity index (χ4v) is 2.22. The lowest BCUT2D eigenvalue weighted by Gasteiger charge is -2.06. The summed E-state index contributed by atoms with van der Waals surface area (Å²) in [6, 6.07) is 9.62. The average molecular weight is 332 g/mol. The number of ether oxygens (including phenoxy) is 1. The van der Waals surface area contributed by atoms with Crippen molar-refractivity contribution in [3.63, 3.8) is 0 Å². The number of rotatable bonds is 5. The Bertz CT molecular complexity index is 799. The monoisotopic (exact) mass is 331 g/mol. The second kappa shape index (κ2) is 7.07. The minimum atomic E-state index is -0.565. The van der Waals surface area contributed by atoms with Gasteiger partial charge in [0.1, 0.15) is 10.8 Å². The van der Waals surface area contributed by atoms with Crippen molar-refractivity contribution in [2.45, 2.75) is 6.92 Å². The number of methoxy groups -OCH3 is 1. The molecule has 0 bridgehead atoms. The molecule has 0 saturated heterocycles. The minimum Gasteiger partial charge on any atom is -0.496 e. The molecule has 0 aliphatic rings. The molecule has 2 aromatic rings. The van der Waals surface area contributed by atoms with E-state index in [9.17, 15) is 14.9 Å². The fourth-order valence-electron chi connectivity index (χ4n) is 2.04. The number of halogens is 1. The first-order valence-corrected chi connectivity index (χ1v) is 7.11. The highest BCUT2D eigenvalue weighted by molar-refractivity contribution is 6.32. The van der Waals surface area contributed by atoms with Crippen molar-refractivity contribution < 1.29 is 14.5 Å². The largest absolute Gasteiger partial charge is 0.496 e. The van der Waals surface area contributed by atoms with Crippen molar-refractivity contribution in [1.29, 1.82) is 0 Å². The van der Waals surface area contributed by atoms with E-state index in [0.717, 1.165) is 5.56 Å². The van der Waals surface area contributed by atoms with E-state index in [0.29, 0.717) is 16.9 Å². The Morgan fingerprint density at radius 3 is 2.65 bits per heavy atom. The third-order valence-electron chi connectivity index (χ3n) is 3.22. The van der Waals surface area contributed by atoms with Crippen molar-refractivity contribution in [3.8, 4) is 5.75 Å². The summed E-state index contributed by atoms with van der Waals surface area (Å²) in [5.74, 6) is 0.237. The van der Waals surface area contributed by atoms with E-state index < -0.39 is 4.92 Å². The van der Waals surface area contributed by atoms with Gasteiger partial charge in [0.2, 0.25) is 0 Å². The van der Waals surface area contributed by atoms with Crippen molar-refractivity contribution in [2.75, 3.05) is 7.11 Å². The zero-order chi connectivity index (χ0) is 17.0. The molecule has 0 unspecified atom stereocenters. The zero-order valence-corrected chi connectivity index (χ0v) is 13.3. The van der Waals surface area contributed by atoms with E-state index in [1.807, 2.05) is 13.0 Å². The van der Waals surface area contributed by atoms with Crippen LogP contribution in [0.5, 0.6) is 5.75 Å². The lowest BCUT2D eigenvalue weighted by atomic mass is 10.1. The number of carbonyl (C=O) groups excluding carboxylic acids is 1. The summed E-state index contributed by atoms with van der Waals surface area (Å²) in [4.78, 5) is 22.6. The summed E-state index contributed by atoms with van der Waals surface area (Å²) in [7, 11) is 1.50. The van der Waals surface area contributed by atoms with Crippen LogP contribution in [0.2, 0.25) is 5.02 Å². The van der Waals surface area contributed by atoms with Crippen LogP contribution in [0.1, 0.15) is 21.5 Å². The Balaban J connectivity index is 2.28. The van der Waals surface area contributed by atoms with Gasteiger partial charge in [0, 0.05) is 6.07 Å². The lowest BCUT2D eigenvalue weighted by molar-refractivity contribution is -0.384. The van der Waals surface area contributed by atoms with Crippen molar-refractivity contribution in [1.82, 2.24) is 0 Å². The van der Waals surface area contributed by atoms with Crippen LogP contribution >= 0.6 is 11.6 Å². The van der Waals surface area contributed by atoms with Crippen molar-refractivity contribution in [2.24, 2.45) is 0 Å². The minimum absolute atomic E-state index is 0.0543. The Morgan fingerprint density at radius 1 is 1.26 bits per heavy atom. The van der Waals surface area contributed by atoms with Crippen LogP contribution < -0.4 is 4.74 Å². The highest BCUT2D eigenvalue weighted by Gasteiger charge is 2.13. The number of hydrogen-bond donors (Lipinski definition) is 0.